The summed E-state index contributed by atoms with van der Waals surface area (Å²) in [6.45, 7) is 0. The molecule has 0 aliphatic rings. The molecule has 2 N–H and O–H groups in total. The predicted molar refractivity (Wildman–Crippen MR) is 79.0 cm³/mol. The summed E-state index contributed by atoms with van der Waals surface area (Å²) in [5, 5.41) is 19.0. The second-order valence-electron chi connectivity index (χ2n) is 3.66. The molecule has 0 heterocycles. The maximum atomic E-state index is 11.5. The minimum absolute atomic E-state index is 0.00223. The Labute approximate surface area is 124 Å². The van der Waals surface area contributed by atoms with Gasteiger partial charge >= 0.3 is 6.09 Å². The Morgan fingerprint density at radius 2 is 1.95 bits per heavy atom. The lowest BCUT2D eigenvalue weighted by Gasteiger charge is -2.24. The lowest BCUT2D eigenvalue weighted by molar-refractivity contribution is -0.119. The first-order chi connectivity index (χ1) is 9.06. The molecule has 0 aliphatic heterocycles. The normalized spacial score (nSPS) is 11.1. The van der Waals surface area contributed by atoms with E-state index in [4.69, 9.17) is 5.11 Å². The first-order valence-corrected chi connectivity index (χ1v) is 6.49. The molecule has 0 bridgehead atoms. The Bertz CT molecular complexity index is 506. The number of para-hydroxylation sites is 1. The number of Topliss-reactive ketones (excluding diaryl/α,β-unsaturated/α-hetero) is 1. The molecule has 0 aliphatic carbocycles. The van der Waals surface area contributed by atoms with Gasteiger partial charge in [0.25, 0.3) is 0 Å². The highest BCUT2D eigenvalue weighted by molar-refractivity contribution is 14.1. The van der Waals surface area contributed by atoms with Gasteiger partial charge in [-0.1, -0.05) is 24.1 Å². The van der Waals surface area contributed by atoms with Crippen LogP contribution in [0.1, 0.15) is 12.8 Å². The summed E-state index contributed by atoms with van der Waals surface area (Å²) in [6.07, 6.45) is -3.01. The summed E-state index contributed by atoms with van der Waals surface area (Å²) in [5.41, 5.74) is 0.315. The SMILES string of the molecule is O=C(CC#CI)CC(O)N(C(=O)O)c1ccccc1. The standard InChI is InChI=1S/C13H12INO4/c14-8-4-7-11(16)9-12(17)15(13(18)19)10-5-2-1-3-6-10/h1-3,5-6,12,17H,7,9H2,(H,18,19). The summed E-state index contributed by atoms with van der Waals surface area (Å²) in [5.74, 6) is 2.26. The number of carbonyl (C=O) groups is 2. The van der Waals surface area contributed by atoms with Gasteiger partial charge in [0, 0.05) is 28.3 Å². The Morgan fingerprint density at radius 3 is 2.47 bits per heavy atom. The van der Waals surface area contributed by atoms with Crippen LogP contribution >= 0.6 is 22.6 Å². The quantitative estimate of drug-likeness (QED) is 0.472. The van der Waals surface area contributed by atoms with Gasteiger partial charge in [0.05, 0.1) is 12.8 Å². The first kappa shape index (κ1) is 15.5. The van der Waals surface area contributed by atoms with Crippen molar-refractivity contribution < 1.29 is 19.8 Å². The summed E-state index contributed by atoms with van der Waals surface area (Å²) >= 11 is 1.81. The molecule has 0 aromatic heterocycles. The van der Waals surface area contributed by atoms with E-state index in [1.54, 1.807) is 30.3 Å². The fourth-order valence-corrected chi connectivity index (χ4v) is 1.69. The average Bonchev–Trinajstić information content (AvgIpc) is 2.37. The molecule has 1 aromatic carbocycles. The highest BCUT2D eigenvalue weighted by Gasteiger charge is 2.24. The second-order valence-corrected chi connectivity index (χ2v) is 4.20. The predicted octanol–water partition coefficient (Wildman–Crippen LogP) is 2.23. The molecule has 1 atom stereocenters. The number of hydrogen-bond donors (Lipinski definition) is 2. The van der Waals surface area contributed by atoms with Gasteiger partial charge < -0.3 is 10.2 Å². The van der Waals surface area contributed by atoms with Crippen molar-refractivity contribution in [3.8, 4) is 9.85 Å². The Balaban J connectivity index is 2.79. The number of aliphatic hydroxyl groups is 1. The van der Waals surface area contributed by atoms with Gasteiger partial charge in [0.2, 0.25) is 0 Å². The first-order valence-electron chi connectivity index (χ1n) is 5.41. The molecule has 1 aromatic rings. The molecular formula is C13H12INO4. The zero-order valence-corrected chi connectivity index (χ0v) is 12.1. The van der Waals surface area contributed by atoms with E-state index >= 15 is 0 Å². The van der Waals surface area contributed by atoms with Crippen LogP contribution in [0.5, 0.6) is 0 Å². The third-order valence-electron chi connectivity index (χ3n) is 2.30. The molecule has 6 heteroatoms. The molecule has 0 spiro atoms. The number of carboxylic acid groups (broad SMARTS) is 1. The summed E-state index contributed by atoms with van der Waals surface area (Å²) in [7, 11) is 0. The van der Waals surface area contributed by atoms with Crippen molar-refractivity contribution in [2.75, 3.05) is 4.90 Å². The number of amides is 1. The van der Waals surface area contributed by atoms with E-state index in [1.807, 2.05) is 22.6 Å². The summed E-state index contributed by atoms with van der Waals surface area (Å²) in [4.78, 5) is 23.4. The number of halogens is 1. The molecule has 0 fully saturated rings. The van der Waals surface area contributed by atoms with E-state index in [2.05, 4.69) is 9.85 Å². The van der Waals surface area contributed by atoms with Crippen LogP contribution in [0.15, 0.2) is 30.3 Å². The number of rotatable bonds is 5. The molecule has 1 amide bonds. The van der Waals surface area contributed by atoms with E-state index in [0.717, 1.165) is 4.90 Å². The van der Waals surface area contributed by atoms with Gasteiger partial charge in [0.15, 0.2) is 0 Å². The molecule has 0 saturated carbocycles. The fourth-order valence-electron chi connectivity index (χ4n) is 1.50. The minimum Gasteiger partial charge on any atom is -0.465 e. The molecule has 1 unspecified atom stereocenters. The van der Waals surface area contributed by atoms with Gasteiger partial charge in [-0.25, -0.2) is 4.79 Å². The van der Waals surface area contributed by atoms with Crippen LogP contribution in [-0.2, 0) is 4.79 Å². The molecule has 0 radical (unpaired) electrons. The van der Waals surface area contributed by atoms with E-state index < -0.39 is 12.3 Å². The lowest BCUT2D eigenvalue weighted by Crippen LogP contribution is -2.40. The molecule has 0 saturated heterocycles. The van der Waals surface area contributed by atoms with Crippen LogP contribution in [-0.4, -0.2) is 28.3 Å². The highest BCUT2D eigenvalue weighted by atomic mass is 127. The van der Waals surface area contributed by atoms with Crippen LogP contribution in [0.25, 0.3) is 0 Å². The van der Waals surface area contributed by atoms with Crippen molar-refractivity contribution >= 4 is 40.2 Å². The Hall–Kier alpha value is -1.59. The van der Waals surface area contributed by atoms with E-state index in [9.17, 15) is 14.7 Å². The topological polar surface area (TPSA) is 77.8 Å². The van der Waals surface area contributed by atoms with E-state index in [-0.39, 0.29) is 18.6 Å². The van der Waals surface area contributed by atoms with Gasteiger partial charge in [-0.05, 0) is 16.1 Å². The molecular weight excluding hydrogens is 361 g/mol. The van der Waals surface area contributed by atoms with E-state index in [0.29, 0.717) is 5.69 Å². The Morgan fingerprint density at radius 1 is 1.32 bits per heavy atom. The van der Waals surface area contributed by atoms with Gasteiger partial charge in [-0.15, -0.1) is 0 Å². The number of carbonyl (C=O) groups excluding carboxylic acids is 1. The second kappa shape index (κ2) is 7.76. The molecule has 5 nitrogen and oxygen atoms in total. The van der Waals surface area contributed by atoms with Gasteiger partial charge in [-0.3, -0.25) is 9.69 Å². The molecule has 1 rings (SSSR count). The largest absolute Gasteiger partial charge is 0.465 e. The third kappa shape index (κ3) is 4.89. The van der Waals surface area contributed by atoms with Crippen LogP contribution in [0, 0.1) is 9.85 Å². The maximum absolute atomic E-state index is 11.5. The smallest absolute Gasteiger partial charge is 0.413 e. The number of hydrogen-bond acceptors (Lipinski definition) is 3. The third-order valence-corrected chi connectivity index (χ3v) is 2.68. The minimum atomic E-state index is -1.41. The Kier molecular flexibility index (Phi) is 6.32. The van der Waals surface area contributed by atoms with Gasteiger partial charge in [-0.2, -0.15) is 0 Å². The van der Waals surface area contributed by atoms with Crippen molar-refractivity contribution in [1.29, 1.82) is 0 Å². The van der Waals surface area contributed by atoms with Crippen LogP contribution < -0.4 is 4.90 Å². The number of nitrogens with zero attached hydrogens (tertiary/aromatic N) is 1. The van der Waals surface area contributed by atoms with Gasteiger partial charge in [0.1, 0.15) is 12.0 Å². The van der Waals surface area contributed by atoms with Crippen molar-refractivity contribution in [2.45, 2.75) is 19.1 Å². The monoisotopic (exact) mass is 373 g/mol. The highest BCUT2D eigenvalue weighted by Crippen LogP contribution is 2.17. The molecule has 19 heavy (non-hydrogen) atoms. The van der Waals surface area contributed by atoms with Crippen LogP contribution in [0.2, 0.25) is 0 Å². The van der Waals surface area contributed by atoms with Crippen molar-refractivity contribution in [2.24, 2.45) is 0 Å². The lowest BCUT2D eigenvalue weighted by atomic mass is 10.2. The number of ketones is 1. The van der Waals surface area contributed by atoms with Crippen LogP contribution in [0.4, 0.5) is 10.5 Å². The average molecular weight is 373 g/mol. The van der Waals surface area contributed by atoms with Crippen molar-refractivity contribution in [1.82, 2.24) is 0 Å². The maximum Gasteiger partial charge on any atom is 0.413 e. The summed E-state index contributed by atoms with van der Waals surface area (Å²) < 4.78 is 2.54. The number of anilines is 1. The fraction of sp³-hybridized carbons (Fsp3) is 0.231. The zero-order valence-electron chi connectivity index (χ0n) is 9.91. The molecule has 100 valence electrons. The zero-order chi connectivity index (χ0) is 14.3. The number of aliphatic hydroxyl groups excluding tert-OH is 1. The van der Waals surface area contributed by atoms with Crippen LogP contribution in [0.3, 0.4) is 0 Å². The summed E-state index contributed by atoms with van der Waals surface area (Å²) in [6, 6.07) is 8.14. The van der Waals surface area contributed by atoms with Crippen molar-refractivity contribution in [3.05, 3.63) is 30.3 Å². The van der Waals surface area contributed by atoms with E-state index in [1.165, 1.54) is 0 Å². The van der Waals surface area contributed by atoms with Crippen molar-refractivity contribution in [3.63, 3.8) is 0 Å². The number of benzene rings is 1.